The third-order valence-electron chi connectivity index (χ3n) is 2.29. The van der Waals surface area contributed by atoms with E-state index >= 15 is 0 Å². The molecule has 0 aliphatic carbocycles. The zero-order valence-electron chi connectivity index (χ0n) is 9.41. The summed E-state index contributed by atoms with van der Waals surface area (Å²) in [6.45, 7) is 0. The molecule has 2 rings (SSSR count). The van der Waals surface area contributed by atoms with Crippen LogP contribution in [0.1, 0.15) is 0 Å². The highest BCUT2D eigenvalue weighted by Gasteiger charge is 2.02. The zero-order chi connectivity index (χ0) is 12.1. The van der Waals surface area contributed by atoms with Crippen LogP contribution in [0.4, 0.5) is 15.8 Å². The molecule has 2 aromatic carbocycles. The van der Waals surface area contributed by atoms with Crippen molar-refractivity contribution in [2.24, 2.45) is 0 Å². The van der Waals surface area contributed by atoms with Crippen LogP contribution < -0.4 is 15.6 Å². The van der Waals surface area contributed by atoms with E-state index in [9.17, 15) is 4.39 Å². The van der Waals surface area contributed by atoms with E-state index in [1.165, 1.54) is 13.2 Å². The lowest BCUT2D eigenvalue weighted by molar-refractivity contribution is 0.411. The number of anilines is 2. The first-order chi connectivity index (χ1) is 8.29. The van der Waals surface area contributed by atoms with E-state index in [2.05, 4.69) is 10.9 Å². The van der Waals surface area contributed by atoms with Crippen molar-refractivity contribution in [1.82, 2.24) is 0 Å². The molecule has 0 spiro atoms. The van der Waals surface area contributed by atoms with Gasteiger partial charge in [-0.25, -0.2) is 4.39 Å². The van der Waals surface area contributed by atoms with Gasteiger partial charge in [0, 0.05) is 6.07 Å². The minimum Gasteiger partial charge on any atom is -0.497 e. The molecule has 3 nitrogen and oxygen atoms in total. The fourth-order valence-corrected chi connectivity index (χ4v) is 1.39. The second-order valence-corrected chi connectivity index (χ2v) is 3.46. The van der Waals surface area contributed by atoms with Gasteiger partial charge in [0.05, 0.1) is 18.5 Å². The Bertz CT molecular complexity index is 488. The van der Waals surface area contributed by atoms with Crippen molar-refractivity contribution in [3.63, 3.8) is 0 Å². The van der Waals surface area contributed by atoms with Crippen LogP contribution in [0.3, 0.4) is 0 Å². The second-order valence-electron chi connectivity index (χ2n) is 3.46. The molecular formula is C13H13FN2O. The molecule has 0 heterocycles. The Morgan fingerprint density at radius 2 is 1.76 bits per heavy atom. The number of para-hydroxylation sites is 1. The number of hydrogen-bond acceptors (Lipinski definition) is 3. The first kappa shape index (κ1) is 11.3. The fraction of sp³-hybridized carbons (Fsp3) is 0.0769. The average molecular weight is 232 g/mol. The third kappa shape index (κ3) is 2.87. The normalized spacial score (nSPS) is 9.76. The van der Waals surface area contributed by atoms with E-state index in [0.717, 1.165) is 5.69 Å². The van der Waals surface area contributed by atoms with E-state index < -0.39 is 0 Å². The Morgan fingerprint density at radius 1 is 1.00 bits per heavy atom. The molecule has 0 aliphatic heterocycles. The minimum atomic E-state index is -0.368. The lowest BCUT2D eigenvalue weighted by Gasteiger charge is -2.11. The Morgan fingerprint density at radius 3 is 2.41 bits per heavy atom. The van der Waals surface area contributed by atoms with E-state index in [0.29, 0.717) is 11.4 Å². The number of methoxy groups -OCH3 is 1. The molecule has 0 unspecified atom stereocenters. The molecule has 2 aromatic rings. The van der Waals surface area contributed by atoms with Crippen molar-refractivity contribution >= 4 is 11.4 Å². The van der Waals surface area contributed by atoms with E-state index in [1.54, 1.807) is 12.1 Å². The summed E-state index contributed by atoms with van der Waals surface area (Å²) in [5, 5.41) is 0. The topological polar surface area (TPSA) is 33.3 Å². The Hall–Kier alpha value is -2.23. The maximum Gasteiger partial charge on any atom is 0.151 e. The molecule has 0 fully saturated rings. The maximum atomic E-state index is 13.6. The van der Waals surface area contributed by atoms with Gasteiger partial charge in [0.2, 0.25) is 0 Å². The molecule has 0 atom stereocenters. The number of nitrogens with one attached hydrogen (secondary N) is 2. The van der Waals surface area contributed by atoms with Crippen LogP contribution >= 0.6 is 0 Å². The van der Waals surface area contributed by atoms with Crippen LogP contribution in [-0.4, -0.2) is 7.11 Å². The van der Waals surface area contributed by atoms with Crippen molar-refractivity contribution in [2.45, 2.75) is 0 Å². The monoisotopic (exact) mass is 232 g/mol. The molecule has 17 heavy (non-hydrogen) atoms. The number of hydrazine groups is 1. The van der Waals surface area contributed by atoms with Gasteiger partial charge in [-0.2, -0.15) is 0 Å². The van der Waals surface area contributed by atoms with Gasteiger partial charge >= 0.3 is 0 Å². The largest absolute Gasteiger partial charge is 0.497 e. The highest BCUT2D eigenvalue weighted by Crippen LogP contribution is 2.20. The predicted molar refractivity (Wildman–Crippen MR) is 66.6 cm³/mol. The van der Waals surface area contributed by atoms with Crippen LogP contribution in [0, 0.1) is 5.82 Å². The number of ether oxygens (including phenoxy) is 1. The minimum absolute atomic E-state index is 0.368. The Balaban J connectivity index is 2.04. The summed E-state index contributed by atoms with van der Waals surface area (Å²) < 4.78 is 18.5. The summed E-state index contributed by atoms with van der Waals surface area (Å²) in [6, 6.07) is 14.1. The third-order valence-corrected chi connectivity index (χ3v) is 2.29. The first-order valence-corrected chi connectivity index (χ1v) is 5.20. The van der Waals surface area contributed by atoms with Gasteiger partial charge in [-0.05, 0) is 24.3 Å². The Kier molecular flexibility index (Phi) is 3.45. The van der Waals surface area contributed by atoms with Crippen LogP contribution in [0.25, 0.3) is 0 Å². The van der Waals surface area contributed by atoms with E-state index in [1.807, 2.05) is 30.3 Å². The molecule has 0 radical (unpaired) electrons. The molecule has 0 aromatic heterocycles. The molecule has 0 saturated carbocycles. The molecule has 88 valence electrons. The standard InChI is InChI=1S/C13H13FN2O/c1-17-11-7-8-13(12(14)9-11)16-15-10-5-3-2-4-6-10/h2-9,15-16H,1H3. The summed E-state index contributed by atoms with van der Waals surface area (Å²) in [5.41, 5.74) is 6.94. The molecule has 0 aliphatic rings. The van der Waals surface area contributed by atoms with Gasteiger partial charge < -0.3 is 10.2 Å². The van der Waals surface area contributed by atoms with Gasteiger partial charge in [0.1, 0.15) is 5.75 Å². The van der Waals surface area contributed by atoms with Crippen molar-refractivity contribution in [3.05, 3.63) is 54.3 Å². The molecule has 0 bridgehead atoms. The summed E-state index contributed by atoms with van der Waals surface area (Å²) in [7, 11) is 1.50. The first-order valence-electron chi connectivity index (χ1n) is 5.20. The maximum absolute atomic E-state index is 13.6. The number of rotatable bonds is 4. The zero-order valence-corrected chi connectivity index (χ0v) is 9.41. The van der Waals surface area contributed by atoms with Crippen molar-refractivity contribution in [3.8, 4) is 5.75 Å². The lowest BCUT2D eigenvalue weighted by atomic mass is 10.3. The van der Waals surface area contributed by atoms with Crippen molar-refractivity contribution < 1.29 is 9.13 Å². The highest BCUT2D eigenvalue weighted by molar-refractivity contribution is 5.54. The van der Waals surface area contributed by atoms with Crippen molar-refractivity contribution in [1.29, 1.82) is 0 Å². The molecule has 2 N–H and O–H groups in total. The summed E-state index contributed by atoms with van der Waals surface area (Å²) in [5.74, 6) is 0.126. The van der Waals surface area contributed by atoms with Gasteiger partial charge in [0.15, 0.2) is 5.82 Å². The second kappa shape index (κ2) is 5.21. The highest BCUT2D eigenvalue weighted by atomic mass is 19.1. The van der Waals surface area contributed by atoms with Gasteiger partial charge in [-0.3, -0.25) is 5.43 Å². The summed E-state index contributed by atoms with van der Waals surface area (Å²) in [4.78, 5) is 0. The Labute approximate surface area is 99.2 Å². The fourth-order valence-electron chi connectivity index (χ4n) is 1.39. The lowest BCUT2D eigenvalue weighted by Crippen LogP contribution is -2.09. The molecular weight excluding hydrogens is 219 g/mol. The predicted octanol–water partition coefficient (Wildman–Crippen LogP) is 3.27. The molecule has 4 heteroatoms. The van der Waals surface area contributed by atoms with E-state index in [4.69, 9.17) is 4.74 Å². The molecule has 0 amide bonds. The summed E-state index contributed by atoms with van der Waals surface area (Å²) >= 11 is 0. The average Bonchev–Trinajstić information content (AvgIpc) is 2.38. The van der Waals surface area contributed by atoms with Crippen LogP contribution in [0.15, 0.2) is 48.5 Å². The SMILES string of the molecule is COc1ccc(NNc2ccccc2)c(F)c1. The van der Waals surface area contributed by atoms with Gasteiger partial charge in [0.25, 0.3) is 0 Å². The van der Waals surface area contributed by atoms with Crippen molar-refractivity contribution in [2.75, 3.05) is 18.0 Å². The van der Waals surface area contributed by atoms with Crippen LogP contribution in [0.2, 0.25) is 0 Å². The summed E-state index contributed by atoms with van der Waals surface area (Å²) in [6.07, 6.45) is 0. The van der Waals surface area contributed by atoms with Crippen LogP contribution in [-0.2, 0) is 0 Å². The van der Waals surface area contributed by atoms with Crippen LogP contribution in [0.5, 0.6) is 5.75 Å². The number of benzene rings is 2. The number of halogens is 1. The molecule has 0 saturated heterocycles. The van der Waals surface area contributed by atoms with Gasteiger partial charge in [-0.1, -0.05) is 18.2 Å². The smallest absolute Gasteiger partial charge is 0.151 e. The quantitative estimate of drug-likeness (QED) is 0.794. The van der Waals surface area contributed by atoms with Gasteiger partial charge in [-0.15, -0.1) is 0 Å². The van der Waals surface area contributed by atoms with E-state index in [-0.39, 0.29) is 5.82 Å². The number of hydrogen-bond donors (Lipinski definition) is 2.